The Kier molecular flexibility index (Phi) is 7.99. The molecule has 9 nitrogen and oxygen atoms in total. The van der Waals surface area contributed by atoms with Crippen molar-refractivity contribution in [2.45, 2.75) is 57.6 Å². The molecular formula is C25H29N3O6. The zero-order chi connectivity index (χ0) is 24.7. The minimum Gasteiger partial charge on any atom is -0.481 e. The van der Waals surface area contributed by atoms with Gasteiger partial charge < -0.3 is 20.0 Å². The van der Waals surface area contributed by atoms with Crippen LogP contribution < -0.4 is 10.1 Å². The van der Waals surface area contributed by atoms with Crippen LogP contribution in [-0.2, 0) is 19.2 Å². The van der Waals surface area contributed by atoms with Crippen LogP contribution in [0.25, 0.3) is 0 Å². The summed E-state index contributed by atoms with van der Waals surface area (Å²) >= 11 is 0. The number of oxime groups is 1. The zero-order valence-corrected chi connectivity index (χ0v) is 19.5. The molecule has 2 heterocycles. The SMILES string of the molecule is CCC1(C(=O)N[C@@H](CC(=O)O)C(=O)COc2ccccn2)CC(c2ccccc2C(C)C)=NO1. The van der Waals surface area contributed by atoms with Crippen LogP contribution in [0.4, 0.5) is 0 Å². The van der Waals surface area contributed by atoms with E-state index in [9.17, 15) is 19.5 Å². The van der Waals surface area contributed by atoms with Crippen molar-refractivity contribution in [3.8, 4) is 5.88 Å². The Morgan fingerprint density at radius 3 is 2.56 bits per heavy atom. The topological polar surface area (TPSA) is 127 Å². The van der Waals surface area contributed by atoms with Crippen LogP contribution in [0.2, 0.25) is 0 Å². The molecule has 0 spiro atoms. The lowest BCUT2D eigenvalue weighted by atomic mass is 9.87. The summed E-state index contributed by atoms with van der Waals surface area (Å²) in [5.41, 5.74) is 1.30. The Bertz CT molecular complexity index is 1070. The number of ether oxygens (including phenoxy) is 1. The number of nitrogens with one attached hydrogen (secondary N) is 1. The fraction of sp³-hybridized carbons (Fsp3) is 0.400. The number of Topliss-reactive ketones (excluding diaryl/α,β-unsaturated/α-hetero) is 1. The average Bonchev–Trinajstić information content (AvgIpc) is 3.28. The number of carboxylic acid groups (broad SMARTS) is 1. The van der Waals surface area contributed by atoms with Gasteiger partial charge >= 0.3 is 5.97 Å². The number of amides is 1. The van der Waals surface area contributed by atoms with E-state index in [0.717, 1.165) is 11.1 Å². The van der Waals surface area contributed by atoms with E-state index in [4.69, 9.17) is 9.57 Å². The van der Waals surface area contributed by atoms with Crippen LogP contribution in [0.5, 0.6) is 5.88 Å². The van der Waals surface area contributed by atoms with Gasteiger partial charge in [-0.2, -0.15) is 0 Å². The third kappa shape index (κ3) is 5.78. The summed E-state index contributed by atoms with van der Waals surface area (Å²) in [7, 11) is 0. The molecule has 0 radical (unpaired) electrons. The van der Waals surface area contributed by atoms with Crippen molar-refractivity contribution in [1.82, 2.24) is 10.3 Å². The largest absolute Gasteiger partial charge is 0.481 e. The number of rotatable bonds is 11. The van der Waals surface area contributed by atoms with Crippen molar-refractivity contribution in [2.75, 3.05) is 6.61 Å². The summed E-state index contributed by atoms with van der Waals surface area (Å²) in [6.07, 6.45) is 1.42. The smallest absolute Gasteiger partial charge is 0.305 e. The molecule has 0 saturated heterocycles. The van der Waals surface area contributed by atoms with E-state index in [1.807, 2.05) is 24.3 Å². The van der Waals surface area contributed by atoms with Gasteiger partial charge in [0.15, 0.2) is 12.4 Å². The molecule has 1 aromatic heterocycles. The molecule has 3 rings (SSSR count). The number of aromatic nitrogens is 1. The maximum Gasteiger partial charge on any atom is 0.305 e. The van der Waals surface area contributed by atoms with Crippen molar-refractivity contribution in [3.63, 3.8) is 0 Å². The molecule has 0 bridgehead atoms. The highest BCUT2D eigenvalue weighted by atomic mass is 16.7. The van der Waals surface area contributed by atoms with Crippen molar-refractivity contribution < 1.29 is 29.1 Å². The molecular weight excluding hydrogens is 438 g/mol. The number of carbonyl (C=O) groups excluding carboxylic acids is 2. The zero-order valence-electron chi connectivity index (χ0n) is 19.5. The summed E-state index contributed by atoms with van der Waals surface area (Å²) in [6.45, 7) is 5.50. The number of hydrogen-bond donors (Lipinski definition) is 2. The van der Waals surface area contributed by atoms with Gasteiger partial charge in [-0.1, -0.05) is 56.3 Å². The highest BCUT2D eigenvalue weighted by Gasteiger charge is 2.46. The van der Waals surface area contributed by atoms with E-state index < -0.39 is 42.3 Å². The number of carboxylic acids is 1. The average molecular weight is 468 g/mol. The number of benzene rings is 1. The van der Waals surface area contributed by atoms with E-state index in [1.54, 1.807) is 25.1 Å². The normalized spacial score (nSPS) is 18.1. The van der Waals surface area contributed by atoms with E-state index in [0.29, 0.717) is 5.71 Å². The Labute approximate surface area is 198 Å². The predicted octanol–water partition coefficient (Wildman–Crippen LogP) is 3.09. The first-order valence-corrected chi connectivity index (χ1v) is 11.2. The first-order valence-electron chi connectivity index (χ1n) is 11.2. The summed E-state index contributed by atoms with van der Waals surface area (Å²) < 4.78 is 5.34. The molecule has 1 amide bonds. The number of aliphatic carboxylic acids is 1. The van der Waals surface area contributed by atoms with Crippen LogP contribution in [-0.4, -0.2) is 51.7 Å². The number of hydrogen-bond acceptors (Lipinski definition) is 7. The molecule has 1 aliphatic heterocycles. The van der Waals surface area contributed by atoms with Gasteiger partial charge in [0.2, 0.25) is 11.5 Å². The molecule has 0 aliphatic carbocycles. The van der Waals surface area contributed by atoms with E-state index in [2.05, 4.69) is 29.3 Å². The third-order valence-electron chi connectivity index (χ3n) is 5.74. The van der Waals surface area contributed by atoms with Gasteiger partial charge in [-0.3, -0.25) is 14.4 Å². The lowest BCUT2D eigenvalue weighted by Gasteiger charge is -2.26. The minimum absolute atomic E-state index is 0.206. The Balaban J connectivity index is 1.72. The lowest BCUT2D eigenvalue weighted by molar-refractivity contribution is -0.148. The van der Waals surface area contributed by atoms with E-state index >= 15 is 0 Å². The van der Waals surface area contributed by atoms with Gasteiger partial charge in [-0.05, 0) is 24.0 Å². The van der Waals surface area contributed by atoms with Gasteiger partial charge in [0.25, 0.3) is 5.91 Å². The number of ketones is 1. The second-order valence-electron chi connectivity index (χ2n) is 8.44. The fourth-order valence-corrected chi connectivity index (χ4v) is 3.74. The fourth-order valence-electron chi connectivity index (χ4n) is 3.74. The second kappa shape index (κ2) is 10.9. The van der Waals surface area contributed by atoms with Gasteiger partial charge in [0.1, 0.15) is 6.04 Å². The van der Waals surface area contributed by atoms with Gasteiger partial charge in [0.05, 0.1) is 12.1 Å². The molecule has 1 aromatic carbocycles. The van der Waals surface area contributed by atoms with Gasteiger partial charge in [-0.25, -0.2) is 4.98 Å². The van der Waals surface area contributed by atoms with E-state index in [1.165, 1.54) is 6.20 Å². The van der Waals surface area contributed by atoms with Crippen molar-refractivity contribution >= 4 is 23.4 Å². The van der Waals surface area contributed by atoms with Crippen molar-refractivity contribution in [1.29, 1.82) is 0 Å². The van der Waals surface area contributed by atoms with Crippen LogP contribution in [0, 0.1) is 0 Å². The van der Waals surface area contributed by atoms with Crippen LogP contribution in [0.1, 0.15) is 57.1 Å². The molecule has 2 aromatic rings. The van der Waals surface area contributed by atoms with Crippen molar-refractivity contribution in [2.24, 2.45) is 5.16 Å². The van der Waals surface area contributed by atoms with Crippen molar-refractivity contribution in [3.05, 3.63) is 59.8 Å². The molecule has 9 heteroatoms. The molecule has 180 valence electrons. The van der Waals surface area contributed by atoms with Gasteiger partial charge in [-0.15, -0.1) is 0 Å². The number of carbonyl (C=O) groups is 3. The number of pyridine rings is 1. The molecule has 2 atom stereocenters. The monoisotopic (exact) mass is 467 g/mol. The predicted molar refractivity (Wildman–Crippen MR) is 125 cm³/mol. The quantitative estimate of drug-likeness (QED) is 0.520. The molecule has 0 saturated carbocycles. The Hall–Kier alpha value is -3.75. The molecule has 0 fully saturated rings. The van der Waals surface area contributed by atoms with Gasteiger partial charge in [0, 0.05) is 24.2 Å². The maximum absolute atomic E-state index is 13.3. The third-order valence-corrected chi connectivity index (χ3v) is 5.74. The Morgan fingerprint density at radius 2 is 1.91 bits per heavy atom. The molecule has 2 N–H and O–H groups in total. The highest BCUT2D eigenvalue weighted by Crippen LogP contribution is 2.33. The maximum atomic E-state index is 13.3. The second-order valence-corrected chi connectivity index (χ2v) is 8.44. The summed E-state index contributed by atoms with van der Waals surface area (Å²) in [6, 6.07) is 11.5. The number of nitrogens with zero attached hydrogens (tertiary/aromatic N) is 2. The van der Waals surface area contributed by atoms with Crippen LogP contribution in [0.3, 0.4) is 0 Å². The molecule has 1 unspecified atom stereocenters. The summed E-state index contributed by atoms with van der Waals surface area (Å²) in [5, 5.41) is 16.0. The standard InChI is InChI=1S/C25H29N3O6/c1-4-25(14-20(28-34-25)18-10-6-5-9-17(18)16(2)3)24(32)27-19(13-23(30)31)21(29)15-33-22-11-7-8-12-26-22/h5-12,16,19H,4,13-15H2,1-3H3,(H,27,32)(H,30,31)/t19-,25?/m0/s1. The summed E-state index contributed by atoms with van der Waals surface area (Å²) in [4.78, 5) is 46.9. The molecule has 34 heavy (non-hydrogen) atoms. The first kappa shape index (κ1) is 24.9. The van der Waals surface area contributed by atoms with Crippen LogP contribution >= 0.6 is 0 Å². The molecule has 1 aliphatic rings. The lowest BCUT2D eigenvalue weighted by Crippen LogP contribution is -2.53. The van der Waals surface area contributed by atoms with E-state index in [-0.39, 0.29) is 24.6 Å². The first-order chi connectivity index (χ1) is 16.3. The highest BCUT2D eigenvalue weighted by molar-refractivity contribution is 6.07. The Morgan fingerprint density at radius 1 is 1.18 bits per heavy atom. The summed E-state index contributed by atoms with van der Waals surface area (Å²) in [5.74, 6) is -1.93. The minimum atomic E-state index is -1.34. The van der Waals surface area contributed by atoms with Crippen LogP contribution in [0.15, 0.2) is 53.8 Å².